The van der Waals surface area contributed by atoms with E-state index in [9.17, 15) is 0 Å². The van der Waals surface area contributed by atoms with Crippen LogP contribution in [0.15, 0.2) is 0 Å². The molecule has 0 radical (unpaired) electrons. The molecule has 0 spiro atoms. The highest BCUT2D eigenvalue weighted by Gasteiger charge is 2.38. The maximum Gasteiger partial charge on any atom is 0.00728 e. The second-order valence-electron chi connectivity index (χ2n) is 4.36. The summed E-state index contributed by atoms with van der Waals surface area (Å²) in [6.07, 6.45) is 5.90. The summed E-state index contributed by atoms with van der Waals surface area (Å²) < 4.78 is 0. The molecule has 0 aromatic heterocycles. The molecule has 2 aliphatic rings. The van der Waals surface area contributed by atoms with Crippen molar-refractivity contribution < 1.29 is 0 Å². The molecule has 4 unspecified atom stereocenters. The first-order valence-electron chi connectivity index (χ1n) is 5.05. The van der Waals surface area contributed by atoms with E-state index in [4.69, 9.17) is 0 Å². The lowest BCUT2D eigenvalue weighted by molar-refractivity contribution is 0.254. The van der Waals surface area contributed by atoms with Gasteiger partial charge in [-0.3, -0.25) is 0 Å². The van der Waals surface area contributed by atoms with Crippen LogP contribution in [0.1, 0.15) is 39.5 Å². The predicted molar refractivity (Wildman–Crippen MR) is 47.5 cm³/mol. The molecule has 2 fully saturated rings. The Morgan fingerprint density at radius 3 is 1.82 bits per heavy atom. The van der Waals surface area contributed by atoms with E-state index in [0.717, 1.165) is 23.9 Å². The van der Waals surface area contributed by atoms with Crippen molar-refractivity contribution in [3.05, 3.63) is 0 Å². The summed E-state index contributed by atoms with van der Waals surface area (Å²) in [5.41, 5.74) is 0. The minimum atomic E-state index is 0.787. The lowest BCUT2D eigenvalue weighted by atomic mass is 9.77. The van der Waals surface area contributed by atoms with Crippen LogP contribution >= 0.6 is 0 Å². The molecule has 11 heavy (non-hydrogen) atoms. The zero-order valence-electron chi connectivity index (χ0n) is 7.64. The minimum Gasteiger partial charge on any atom is -0.311 e. The molecular formula is C10H19N. The standard InChI is InChI=1S/C10H19N/c1-7-9-5-3-4-6-10(9)8(2)11-7/h7-11H,3-6H2,1-2H3. The molecule has 1 saturated heterocycles. The van der Waals surface area contributed by atoms with Gasteiger partial charge in [-0.05, 0) is 38.5 Å². The van der Waals surface area contributed by atoms with Gasteiger partial charge in [0.2, 0.25) is 0 Å². The lowest BCUT2D eigenvalue weighted by Crippen LogP contribution is -2.26. The van der Waals surface area contributed by atoms with Gasteiger partial charge in [-0.25, -0.2) is 0 Å². The molecular weight excluding hydrogens is 134 g/mol. The van der Waals surface area contributed by atoms with Gasteiger partial charge in [0, 0.05) is 12.1 Å². The first-order valence-corrected chi connectivity index (χ1v) is 5.05. The molecule has 64 valence electrons. The van der Waals surface area contributed by atoms with Gasteiger partial charge in [-0.2, -0.15) is 0 Å². The molecule has 0 aromatic carbocycles. The van der Waals surface area contributed by atoms with Crippen molar-refractivity contribution in [2.24, 2.45) is 11.8 Å². The van der Waals surface area contributed by atoms with Crippen LogP contribution in [0.4, 0.5) is 0 Å². The van der Waals surface area contributed by atoms with Crippen molar-refractivity contribution in [2.75, 3.05) is 0 Å². The number of hydrogen-bond acceptors (Lipinski definition) is 1. The number of hydrogen-bond donors (Lipinski definition) is 1. The minimum absolute atomic E-state index is 0.787. The molecule has 1 heterocycles. The van der Waals surface area contributed by atoms with Gasteiger partial charge >= 0.3 is 0 Å². The van der Waals surface area contributed by atoms with Gasteiger partial charge < -0.3 is 5.32 Å². The van der Waals surface area contributed by atoms with Crippen LogP contribution in [0.3, 0.4) is 0 Å². The Morgan fingerprint density at radius 2 is 1.36 bits per heavy atom. The fourth-order valence-corrected chi connectivity index (χ4v) is 3.09. The predicted octanol–water partition coefficient (Wildman–Crippen LogP) is 2.17. The normalized spacial score (nSPS) is 50.7. The Morgan fingerprint density at radius 1 is 0.909 bits per heavy atom. The van der Waals surface area contributed by atoms with E-state index in [1.165, 1.54) is 25.7 Å². The van der Waals surface area contributed by atoms with Gasteiger partial charge in [0.15, 0.2) is 0 Å². The van der Waals surface area contributed by atoms with Gasteiger partial charge in [-0.15, -0.1) is 0 Å². The van der Waals surface area contributed by atoms with E-state index >= 15 is 0 Å². The molecule has 1 aliphatic carbocycles. The summed E-state index contributed by atoms with van der Waals surface area (Å²) in [5, 5.41) is 3.66. The topological polar surface area (TPSA) is 12.0 Å². The second kappa shape index (κ2) is 2.78. The third kappa shape index (κ3) is 1.20. The monoisotopic (exact) mass is 153 g/mol. The molecule has 2 rings (SSSR count). The largest absolute Gasteiger partial charge is 0.311 e. The number of nitrogens with one attached hydrogen (secondary N) is 1. The Bertz CT molecular complexity index is 128. The second-order valence-corrected chi connectivity index (χ2v) is 4.36. The molecule has 1 nitrogen and oxygen atoms in total. The fourth-order valence-electron chi connectivity index (χ4n) is 3.09. The zero-order chi connectivity index (χ0) is 7.84. The maximum absolute atomic E-state index is 3.66. The van der Waals surface area contributed by atoms with Crippen LogP contribution in [-0.4, -0.2) is 12.1 Å². The highest BCUT2D eigenvalue weighted by Crippen LogP contribution is 2.38. The highest BCUT2D eigenvalue weighted by molar-refractivity contribution is 4.95. The van der Waals surface area contributed by atoms with E-state index in [1.807, 2.05) is 0 Å². The first-order chi connectivity index (χ1) is 5.29. The first kappa shape index (κ1) is 7.60. The summed E-state index contributed by atoms with van der Waals surface area (Å²) in [7, 11) is 0. The van der Waals surface area contributed by atoms with Crippen molar-refractivity contribution in [3.8, 4) is 0 Å². The van der Waals surface area contributed by atoms with Crippen LogP contribution in [0.2, 0.25) is 0 Å². The van der Waals surface area contributed by atoms with Gasteiger partial charge in [0.25, 0.3) is 0 Å². The average Bonchev–Trinajstić information content (AvgIpc) is 2.30. The summed E-state index contributed by atoms with van der Waals surface area (Å²) in [5.74, 6) is 2.00. The Hall–Kier alpha value is -0.0400. The third-order valence-corrected chi connectivity index (χ3v) is 3.69. The van der Waals surface area contributed by atoms with Crippen molar-refractivity contribution in [3.63, 3.8) is 0 Å². The van der Waals surface area contributed by atoms with Crippen molar-refractivity contribution >= 4 is 0 Å². The molecule has 1 saturated carbocycles. The lowest BCUT2D eigenvalue weighted by Gasteiger charge is -2.27. The van der Waals surface area contributed by atoms with Crippen LogP contribution in [-0.2, 0) is 0 Å². The Kier molecular flexibility index (Phi) is 1.92. The Labute approximate surface area is 69.6 Å². The summed E-state index contributed by atoms with van der Waals surface area (Å²) in [6, 6.07) is 1.57. The molecule has 0 aromatic rings. The van der Waals surface area contributed by atoms with E-state index in [0.29, 0.717) is 0 Å². The summed E-state index contributed by atoms with van der Waals surface area (Å²) in [4.78, 5) is 0. The maximum atomic E-state index is 3.66. The van der Waals surface area contributed by atoms with Crippen LogP contribution in [0.25, 0.3) is 0 Å². The SMILES string of the molecule is CC1NC(C)C2CCCCC12. The fraction of sp³-hybridized carbons (Fsp3) is 1.00. The Balaban J connectivity index is 2.07. The zero-order valence-corrected chi connectivity index (χ0v) is 7.64. The van der Waals surface area contributed by atoms with E-state index < -0.39 is 0 Å². The molecule has 1 heteroatoms. The van der Waals surface area contributed by atoms with Gasteiger partial charge in [0.1, 0.15) is 0 Å². The number of fused-ring (bicyclic) bond motifs is 1. The molecule has 1 N–H and O–H groups in total. The molecule has 0 bridgehead atoms. The quantitative estimate of drug-likeness (QED) is 0.562. The van der Waals surface area contributed by atoms with Crippen molar-refractivity contribution in [1.82, 2.24) is 5.32 Å². The van der Waals surface area contributed by atoms with Crippen LogP contribution in [0, 0.1) is 11.8 Å². The summed E-state index contributed by atoms with van der Waals surface area (Å²) >= 11 is 0. The number of rotatable bonds is 0. The van der Waals surface area contributed by atoms with Gasteiger partial charge in [-0.1, -0.05) is 12.8 Å². The highest BCUT2D eigenvalue weighted by atomic mass is 15.0. The average molecular weight is 153 g/mol. The van der Waals surface area contributed by atoms with E-state index in [-0.39, 0.29) is 0 Å². The summed E-state index contributed by atoms with van der Waals surface area (Å²) in [6.45, 7) is 4.71. The molecule has 0 amide bonds. The third-order valence-electron chi connectivity index (χ3n) is 3.69. The van der Waals surface area contributed by atoms with Gasteiger partial charge in [0.05, 0.1) is 0 Å². The van der Waals surface area contributed by atoms with E-state index in [1.54, 1.807) is 0 Å². The van der Waals surface area contributed by atoms with Crippen LogP contribution in [0.5, 0.6) is 0 Å². The van der Waals surface area contributed by atoms with E-state index in [2.05, 4.69) is 19.2 Å². The molecule has 1 aliphatic heterocycles. The van der Waals surface area contributed by atoms with Crippen molar-refractivity contribution in [2.45, 2.75) is 51.6 Å². The van der Waals surface area contributed by atoms with Crippen molar-refractivity contribution in [1.29, 1.82) is 0 Å². The molecule has 4 atom stereocenters. The van der Waals surface area contributed by atoms with Crippen LogP contribution < -0.4 is 5.32 Å². The smallest absolute Gasteiger partial charge is 0.00728 e.